The second-order valence-corrected chi connectivity index (χ2v) is 6.19. The van der Waals surface area contributed by atoms with Gasteiger partial charge in [0.05, 0.1) is 6.54 Å². The van der Waals surface area contributed by atoms with E-state index in [1.54, 1.807) is 6.20 Å². The minimum Gasteiger partial charge on any atom is -0.345 e. The lowest BCUT2D eigenvalue weighted by Crippen LogP contribution is -2.34. The normalized spacial score (nSPS) is 14.6. The summed E-state index contributed by atoms with van der Waals surface area (Å²) in [5.41, 5.74) is 0.706. The first-order valence-corrected chi connectivity index (χ1v) is 7.44. The molecule has 0 saturated heterocycles. The maximum absolute atomic E-state index is 12.7. The van der Waals surface area contributed by atoms with Crippen LogP contribution in [0.4, 0.5) is 0 Å². The van der Waals surface area contributed by atoms with Crippen LogP contribution in [0.15, 0.2) is 29.1 Å². The van der Waals surface area contributed by atoms with Crippen LogP contribution >= 0.6 is 15.9 Å². The van der Waals surface area contributed by atoms with Gasteiger partial charge < -0.3 is 14.0 Å². The summed E-state index contributed by atoms with van der Waals surface area (Å²) in [5.74, 6) is 0.988. The predicted octanol–water partition coefficient (Wildman–Crippen LogP) is 2.33. The predicted molar refractivity (Wildman–Crippen MR) is 79.2 cm³/mol. The van der Waals surface area contributed by atoms with E-state index in [9.17, 15) is 4.79 Å². The van der Waals surface area contributed by atoms with E-state index in [1.165, 1.54) is 0 Å². The standard InChI is InChI=1S/C14H17BrN4O/c1-17-6-5-16-13(17)9-19(11-3-4-11)14(20)12-7-10(15)8-18(12)2/h5-8,11H,3-4,9H2,1-2H3. The van der Waals surface area contributed by atoms with Crippen molar-refractivity contribution in [2.24, 2.45) is 14.1 Å². The minimum atomic E-state index is 0.0729. The van der Waals surface area contributed by atoms with Gasteiger partial charge in [0.15, 0.2) is 0 Å². The number of carbonyl (C=O) groups excluding carboxylic acids is 1. The summed E-state index contributed by atoms with van der Waals surface area (Å²) in [4.78, 5) is 19.0. The molecule has 106 valence electrons. The molecular formula is C14H17BrN4O. The average Bonchev–Trinajstić information content (AvgIpc) is 3.08. The molecule has 0 N–H and O–H groups in total. The van der Waals surface area contributed by atoms with Gasteiger partial charge in [0.1, 0.15) is 11.5 Å². The minimum absolute atomic E-state index is 0.0729. The molecule has 3 rings (SSSR count). The Morgan fingerprint density at radius 3 is 2.70 bits per heavy atom. The molecule has 0 aliphatic heterocycles. The van der Waals surface area contributed by atoms with Crippen molar-refractivity contribution in [2.75, 3.05) is 0 Å². The molecule has 0 spiro atoms. The summed E-state index contributed by atoms with van der Waals surface area (Å²) in [5, 5.41) is 0. The van der Waals surface area contributed by atoms with Gasteiger partial charge in [-0.05, 0) is 34.8 Å². The monoisotopic (exact) mass is 336 g/mol. The third-order valence-corrected chi connectivity index (χ3v) is 4.11. The highest BCUT2D eigenvalue weighted by molar-refractivity contribution is 9.10. The van der Waals surface area contributed by atoms with Crippen molar-refractivity contribution in [1.82, 2.24) is 19.0 Å². The molecule has 20 heavy (non-hydrogen) atoms. The van der Waals surface area contributed by atoms with Crippen LogP contribution in [-0.4, -0.2) is 31.0 Å². The van der Waals surface area contributed by atoms with Crippen molar-refractivity contribution in [3.63, 3.8) is 0 Å². The molecule has 1 aliphatic carbocycles. The first-order chi connectivity index (χ1) is 9.56. The smallest absolute Gasteiger partial charge is 0.271 e. The van der Waals surface area contributed by atoms with E-state index < -0.39 is 0 Å². The third kappa shape index (κ3) is 2.52. The van der Waals surface area contributed by atoms with E-state index in [4.69, 9.17) is 0 Å². The molecule has 2 aromatic heterocycles. The van der Waals surface area contributed by atoms with Gasteiger partial charge in [-0.2, -0.15) is 0 Å². The molecule has 0 radical (unpaired) electrons. The number of nitrogens with zero attached hydrogens (tertiary/aromatic N) is 4. The molecule has 0 atom stereocenters. The number of imidazole rings is 1. The van der Waals surface area contributed by atoms with Crippen LogP contribution in [0.2, 0.25) is 0 Å². The summed E-state index contributed by atoms with van der Waals surface area (Å²) in [6.07, 6.45) is 7.75. The van der Waals surface area contributed by atoms with Gasteiger partial charge in [-0.3, -0.25) is 4.79 Å². The molecule has 6 heteroatoms. The fourth-order valence-corrected chi connectivity index (χ4v) is 2.86. The summed E-state index contributed by atoms with van der Waals surface area (Å²) < 4.78 is 4.75. The fraction of sp³-hybridized carbons (Fsp3) is 0.429. The molecule has 0 aromatic carbocycles. The number of rotatable bonds is 4. The Balaban J connectivity index is 1.85. The van der Waals surface area contributed by atoms with Crippen molar-refractivity contribution in [2.45, 2.75) is 25.4 Å². The fourth-order valence-electron chi connectivity index (χ4n) is 2.34. The van der Waals surface area contributed by atoms with Crippen molar-refractivity contribution >= 4 is 21.8 Å². The quantitative estimate of drug-likeness (QED) is 0.859. The van der Waals surface area contributed by atoms with Gasteiger partial charge in [0.25, 0.3) is 5.91 Å². The maximum atomic E-state index is 12.7. The zero-order valence-corrected chi connectivity index (χ0v) is 13.2. The van der Waals surface area contributed by atoms with Gasteiger partial charge in [0.2, 0.25) is 0 Å². The summed E-state index contributed by atoms with van der Waals surface area (Å²) in [6.45, 7) is 0.565. The number of hydrogen-bond donors (Lipinski definition) is 0. The molecule has 2 aromatic rings. The highest BCUT2D eigenvalue weighted by Gasteiger charge is 2.34. The second-order valence-electron chi connectivity index (χ2n) is 5.27. The largest absolute Gasteiger partial charge is 0.345 e. The Bertz CT molecular complexity index is 641. The second kappa shape index (κ2) is 5.09. The van der Waals surface area contributed by atoms with Crippen molar-refractivity contribution in [1.29, 1.82) is 0 Å². The summed E-state index contributed by atoms with van der Waals surface area (Å²) >= 11 is 3.42. The molecular weight excluding hydrogens is 320 g/mol. The Morgan fingerprint density at radius 1 is 1.45 bits per heavy atom. The van der Waals surface area contributed by atoms with Gasteiger partial charge in [0, 0.05) is 43.2 Å². The molecule has 5 nitrogen and oxygen atoms in total. The van der Waals surface area contributed by atoms with Gasteiger partial charge in [-0.25, -0.2) is 4.98 Å². The van der Waals surface area contributed by atoms with Crippen LogP contribution in [0.25, 0.3) is 0 Å². The summed E-state index contributed by atoms with van der Waals surface area (Å²) in [7, 11) is 3.85. The highest BCUT2D eigenvalue weighted by atomic mass is 79.9. The lowest BCUT2D eigenvalue weighted by molar-refractivity contribution is 0.0714. The molecule has 1 amide bonds. The third-order valence-electron chi connectivity index (χ3n) is 3.67. The van der Waals surface area contributed by atoms with Crippen LogP contribution in [0.3, 0.4) is 0 Å². The number of hydrogen-bond acceptors (Lipinski definition) is 2. The topological polar surface area (TPSA) is 43.1 Å². The number of aromatic nitrogens is 3. The number of carbonyl (C=O) groups is 1. The van der Waals surface area contributed by atoms with Gasteiger partial charge in [-0.1, -0.05) is 0 Å². The zero-order chi connectivity index (χ0) is 14.3. The molecule has 1 saturated carbocycles. The molecule has 0 unspecified atom stereocenters. The zero-order valence-electron chi connectivity index (χ0n) is 11.6. The van der Waals surface area contributed by atoms with E-state index in [0.29, 0.717) is 18.3 Å². The molecule has 1 aliphatic rings. The van der Waals surface area contributed by atoms with Crippen LogP contribution in [0.5, 0.6) is 0 Å². The lowest BCUT2D eigenvalue weighted by Gasteiger charge is -2.22. The maximum Gasteiger partial charge on any atom is 0.271 e. The summed E-state index contributed by atoms with van der Waals surface area (Å²) in [6, 6.07) is 2.23. The highest BCUT2D eigenvalue weighted by Crippen LogP contribution is 2.30. The molecule has 2 heterocycles. The molecule has 1 fully saturated rings. The van der Waals surface area contributed by atoms with Gasteiger partial charge >= 0.3 is 0 Å². The Hall–Kier alpha value is -1.56. The van der Waals surface area contributed by atoms with Crippen LogP contribution < -0.4 is 0 Å². The van der Waals surface area contributed by atoms with E-state index in [-0.39, 0.29) is 5.91 Å². The van der Waals surface area contributed by atoms with Crippen molar-refractivity contribution in [3.05, 3.63) is 40.6 Å². The first-order valence-electron chi connectivity index (χ1n) is 6.65. The lowest BCUT2D eigenvalue weighted by atomic mass is 10.3. The average molecular weight is 337 g/mol. The number of halogens is 1. The Kier molecular flexibility index (Phi) is 3.41. The van der Waals surface area contributed by atoms with E-state index >= 15 is 0 Å². The van der Waals surface area contributed by atoms with Crippen molar-refractivity contribution in [3.8, 4) is 0 Å². The Morgan fingerprint density at radius 2 is 2.20 bits per heavy atom. The van der Waals surface area contributed by atoms with Crippen molar-refractivity contribution < 1.29 is 4.79 Å². The number of aryl methyl sites for hydroxylation is 2. The van der Waals surface area contributed by atoms with E-state index in [1.807, 2.05) is 46.6 Å². The van der Waals surface area contributed by atoms with E-state index in [0.717, 1.165) is 23.1 Å². The van der Waals surface area contributed by atoms with Crippen LogP contribution in [0, 0.1) is 0 Å². The van der Waals surface area contributed by atoms with E-state index in [2.05, 4.69) is 20.9 Å². The van der Waals surface area contributed by atoms with Crippen LogP contribution in [-0.2, 0) is 20.6 Å². The molecule has 0 bridgehead atoms. The van der Waals surface area contributed by atoms with Gasteiger partial charge in [-0.15, -0.1) is 0 Å². The number of amides is 1. The first kappa shape index (κ1) is 13.4. The van der Waals surface area contributed by atoms with Crippen LogP contribution in [0.1, 0.15) is 29.2 Å². The Labute approximate surface area is 126 Å². The SMILES string of the molecule is Cn1cc(Br)cc1C(=O)N(Cc1nccn1C)C1CC1.